The first kappa shape index (κ1) is 32.9. The molecule has 0 bridgehead atoms. The van der Waals surface area contributed by atoms with Gasteiger partial charge in [-0.3, -0.25) is 9.38 Å². The zero-order valence-corrected chi connectivity index (χ0v) is 28.3. The Bertz CT molecular complexity index is 1440. The second kappa shape index (κ2) is 13.6. The smallest absolute Gasteiger partial charge is 0.322 e. The van der Waals surface area contributed by atoms with E-state index in [0.717, 1.165) is 49.0 Å². The topological polar surface area (TPSA) is 116 Å². The van der Waals surface area contributed by atoms with Gasteiger partial charge in [0.25, 0.3) is 6.09 Å². The molecule has 4 aliphatic rings. The Hall–Kier alpha value is -2.99. The first-order chi connectivity index (χ1) is 22.2. The van der Waals surface area contributed by atoms with Gasteiger partial charge >= 0.3 is 6.03 Å². The number of para-hydroxylation sites is 1. The van der Waals surface area contributed by atoms with Gasteiger partial charge in [0.2, 0.25) is 0 Å². The van der Waals surface area contributed by atoms with Gasteiger partial charge in [-0.05, 0) is 110 Å². The van der Waals surface area contributed by atoms with Gasteiger partial charge in [-0.2, -0.15) is 0 Å². The monoisotopic (exact) mass is 695 g/mol. The van der Waals surface area contributed by atoms with Crippen LogP contribution in [0.15, 0.2) is 46.9 Å². The summed E-state index contributed by atoms with van der Waals surface area (Å²) in [5.74, 6) is 1.31. The van der Waals surface area contributed by atoms with Crippen LogP contribution in [0.5, 0.6) is 5.75 Å². The van der Waals surface area contributed by atoms with Crippen molar-refractivity contribution >= 4 is 40.0 Å². The molecule has 2 N–H and O–H groups in total. The van der Waals surface area contributed by atoms with Crippen molar-refractivity contribution in [1.29, 1.82) is 0 Å². The van der Waals surface area contributed by atoms with E-state index >= 15 is 0 Å². The minimum absolute atomic E-state index is 0.0192. The molecule has 4 aliphatic heterocycles. The largest absolute Gasteiger partial charge is 0.507 e. The van der Waals surface area contributed by atoms with E-state index in [1.54, 1.807) is 18.2 Å². The van der Waals surface area contributed by atoms with Crippen molar-refractivity contribution in [2.45, 2.75) is 69.6 Å². The van der Waals surface area contributed by atoms with Crippen LogP contribution < -0.4 is 10.4 Å². The molecule has 2 aromatic carbocycles. The van der Waals surface area contributed by atoms with Crippen molar-refractivity contribution in [3.63, 3.8) is 0 Å². The highest BCUT2D eigenvalue weighted by atomic mass is 79.9. The maximum atomic E-state index is 13.7. The van der Waals surface area contributed by atoms with E-state index in [9.17, 15) is 24.6 Å². The summed E-state index contributed by atoms with van der Waals surface area (Å²) in [5, 5.41) is 26.9. The number of nitrogens with one attached hydrogen (secondary N) is 1. The second-order valence-corrected chi connectivity index (χ2v) is 14.8. The number of carboxylic acid groups (broad SMARTS) is 1. The molecule has 10 nitrogen and oxygen atoms in total. The van der Waals surface area contributed by atoms with E-state index in [2.05, 4.69) is 38.1 Å². The minimum Gasteiger partial charge on any atom is -0.507 e. The first-order valence-electron chi connectivity index (χ1n) is 16.7. The minimum atomic E-state index is -1.21. The number of rotatable bonds is 7. The van der Waals surface area contributed by atoms with Gasteiger partial charge in [0.05, 0.1) is 17.4 Å². The summed E-state index contributed by atoms with van der Waals surface area (Å²) in [5.41, 5.74) is 1.50. The molecule has 3 amide bonds. The van der Waals surface area contributed by atoms with Gasteiger partial charge in [-0.25, -0.2) is 4.79 Å². The number of piperidine rings is 3. The summed E-state index contributed by atoms with van der Waals surface area (Å²) < 4.78 is 0.0609. The Kier molecular flexibility index (Phi) is 9.75. The number of aldehydes is 1. The molecule has 11 heteroatoms. The number of fused-ring (bicyclic) bond motifs is 1. The number of phenols is 1. The predicted molar refractivity (Wildman–Crippen MR) is 177 cm³/mol. The molecule has 46 heavy (non-hydrogen) atoms. The highest BCUT2D eigenvalue weighted by Gasteiger charge is 2.61. The molecule has 3 atom stereocenters. The van der Waals surface area contributed by atoms with Gasteiger partial charge in [-0.1, -0.05) is 18.2 Å². The Labute approximate surface area is 280 Å². The fourth-order valence-corrected chi connectivity index (χ4v) is 9.38. The molecule has 0 saturated carbocycles. The molecule has 6 rings (SSSR count). The van der Waals surface area contributed by atoms with E-state index in [4.69, 9.17) is 0 Å². The van der Waals surface area contributed by atoms with Crippen molar-refractivity contribution in [2.24, 2.45) is 11.8 Å². The number of amides is 3. The van der Waals surface area contributed by atoms with E-state index in [1.165, 1.54) is 12.8 Å². The lowest BCUT2D eigenvalue weighted by Gasteiger charge is -2.62. The van der Waals surface area contributed by atoms with Crippen LogP contribution in [0, 0.1) is 11.8 Å². The van der Waals surface area contributed by atoms with Crippen LogP contribution >= 0.6 is 15.9 Å². The number of halogens is 1. The van der Waals surface area contributed by atoms with Crippen molar-refractivity contribution in [1.82, 2.24) is 14.7 Å². The normalized spacial score (nSPS) is 28.7. The van der Waals surface area contributed by atoms with Crippen LogP contribution in [-0.2, 0) is 17.8 Å². The predicted octanol–water partition coefficient (Wildman–Crippen LogP) is 4.41. The number of carbonyl (C=O) groups is 3. The molecule has 2 aromatic rings. The molecule has 0 aromatic heterocycles. The zero-order valence-electron chi connectivity index (χ0n) is 26.7. The van der Waals surface area contributed by atoms with Gasteiger partial charge in [0.15, 0.2) is 5.66 Å². The third-order valence-electron chi connectivity index (χ3n) is 11.6. The lowest BCUT2D eigenvalue weighted by molar-refractivity contribution is -0.956. The quantitative estimate of drug-likeness (QED) is 0.326. The number of hydrogen-bond donors (Lipinski definition) is 2. The molecule has 0 radical (unpaired) electrons. The Balaban J connectivity index is 1.35. The van der Waals surface area contributed by atoms with Crippen molar-refractivity contribution < 1.29 is 29.1 Å². The molecule has 4 heterocycles. The maximum absolute atomic E-state index is 13.7. The molecular weight excluding hydrogens is 650 g/mol. The van der Waals surface area contributed by atoms with Gasteiger partial charge < -0.3 is 34.9 Å². The third kappa shape index (κ3) is 6.19. The summed E-state index contributed by atoms with van der Waals surface area (Å²) in [4.78, 5) is 46.5. The van der Waals surface area contributed by atoms with Gasteiger partial charge in [0.1, 0.15) is 18.6 Å². The van der Waals surface area contributed by atoms with Crippen LogP contribution in [0.3, 0.4) is 0 Å². The number of hydrogen-bond acceptors (Lipinski definition) is 7. The van der Waals surface area contributed by atoms with Crippen molar-refractivity contribution in [3.05, 3.63) is 58.1 Å². The van der Waals surface area contributed by atoms with Crippen molar-refractivity contribution in [2.75, 3.05) is 51.6 Å². The molecule has 248 valence electrons. The van der Waals surface area contributed by atoms with Crippen LogP contribution in [0.4, 0.5) is 15.3 Å². The Morgan fingerprint density at radius 3 is 2.43 bits per heavy atom. The fraction of sp³-hybridized carbons (Fsp3) is 0.571. The fourth-order valence-electron chi connectivity index (χ4n) is 8.96. The number of quaternary nitrogens is 1. The summed E-state index contributed by atoms with van der Waals surface area (Å²) in [6, 6.07) is 12.4. The highest BCUT2D eigenvalue weighted by Crippen LogP contribution is 2.47. The average molecular weight is 697 g/mol. The van der Waals surface area contributed by atoms with Crippen LogP contribution in [-0.4, -0.2) is 101 Å². The molecule has 3 saturated heterocycles. The van der Waals surface area contributed by atoms with Crippen LogP contribution in [0.2, 0.25) is 0 Å². The molecular formula is C35H46BrN5O5. The van der Waals surface area contributed by atoms with E-state index in [0.29, 0.717) is 55.2 Å². The molecule has 2 unspecified atom stereocenters. The first-order valence-corrected chi connectivity index (χ1v) is 17.5. The van der Waals surface area contributed by atoms with Gasteiger partial charge in [-0.15, -0.1) is 0 Å². The van der Waals surface area contributed by atoms with Crippen molar-refractivity contribution in [3.8, 4) is 5.75 Å². The average Bonchev–Trinajstić information content (AvgIpc) is 3.22. The number of benzene rings is 2. The van der Waals surface area contributed by atoms with Crippen LogP contribution in [0.25, 0.3) is 0 Å². The molecule has 3 fully saturated rings. The number of nitrogens with zero attached hydrogens (tertiary/aromatic N) is 4. The maximum Gasteiger partial charge on any atom is 0.322 e. The number of aromatic hydroxyl groups is 1. The Morgan fingerprint density at radius 1 is 1.07 bits per heavy atom. The SMILES string of the molecule is CN1CCC(C2CCN(C3(CC=O)CC(N4CCc5ccccc5NC4=O)CC[N@+]3(Cc3ccc(O)c(Br)c3)C(=O)[O-])CC2)CC1. The van der Waals surface area contributed by atoms with E-state index in [1.807, 2.05) is 29.2 Å². The summed E-state index contributed by atoms with van der Waals surface area (Å²) in [6.45, 7) is 4.44. The lowest BCUT2D eigenvalue weighted by atomic mass is 9.76. The van der Waals surface area contributed by atoms with E-state index in [-0.39, 0.29) is 37.3 Å². The van der Waals surface area contributed by atoms with Crippen LogP contribution in [0.1, 0.15) is 56.1 Å². The third-order valence-corrected chi connectivity index (χ3v) is 12.2. The standard InChI is InChI=1S/C35H46BrN5O5/c1-38-15-8-26(9-16-38)27-10-17-39(18-11-27)35(14-21-42)23-29(40-19-12-28-4-2-3-5-31(28)37-33(40)44)13-20-41(35,34(45)46)24-25-6-7-32(43)30(36)22-25/h2-7,21-22,26-27,29H,8-20,23-24H2,1H3,(H2-,37,43,44,45,46)/t29?,35?,41-/m0/s1. The number of urea groups is 1. The molecule has 0 spiro atoms. The zero-order chi connectivity index (χ0) is 32.5. The van der Waals surface area contributed by atoms with Gasteiger partial charge in [0, 0.05) is 49.8 Å². The summed E-state index contributed by atoms with van der Waals surface area (Å²) >= 11 is 3.40. The molecule has 0 aliphatic carbocycles. The summed E-state index contributed by atoms with van der Waals surface area (Å²) in [7, 11) is 2.18. The second-order valence-electron chi connectivity index (χ2n) is 13.9. The number of phenolic OH excluding ortho intramolecular Hbond substituents is 1. The lowest BCUT2D eigenvalue weighted by Crippen LogP contribution is -2.80. The number of anilines is 1. The van der Waals surface area contributed by atoms with E-state index < -0.39 is 16.2 Å². The Morgan fingerprint density at radius 2 is 1.76 bits per heavy atom. The summed E-state index contributed by atoms with van der Waals surface area (Å²) in [6.07, 6.45) is 5.45. The number of carbonyl (C=O) groups excluding carboxylic acids is 3. The highest BCUT2D eigenvalue weighted by molar-refractivity contribution is 9.10. The number of likely N-dealkylation sites (tertiary alicyclic amines) is 3.